The summed E-state index contributed by atoms with van der Waals surface area (Å²) in [5.41, 5.74) is 6.68. The van der Waals surface area contributed by atoms with E-state index < -0.39 is 11.5 Å². The summed E-state index contributed by atoms with van der Waals surface area (Å²) < 4.78 is 6.13. The summed E-state index contributed by atoms with van der Waals surface area (Å²) in [5, 5.41) is 2.38. The van der Waals surface area contributed by atoms with E-state index in [-0.39, 0.29) is 11.7 Å². The summed E-state index contributed by atoms with van der Waals surface area (Å²) in [5.74, 6) is -0.135. The number of halogens is 1. The molecule has 0 aromatic heterocycles. The number of nitrogens with one attached hydrogen (secondary N) is 1. The maximum absolute atomic E-state index is 11.9. The molecule has 1 heterocycles. The Morgan fingerprint density at radius 1 is 1.19 bits per heavy atom. The van der Waals surface area contributed by atoms with E-state index in [0.717, 1.165) is 24.0 Å². The van der Waals surface area contributed by atoms with Crippen molar-refractivity contribution in [1.82, 2.24) is 4.90 Å². The van der Waals surface area contributed by atoms with Crippen LogP contribution >= 0.6 is 15.9 Å². The number of ether oxygens (including phenoxy) is 1. The fourth-order valence-corrected chi connectivity index (χ4v) is 3.52. The second kappa shape index (κ2) is 10.9. The summed E-state index contributed by atoms with van der Waals surface area (Å²) in [6.45, 7) is 7.24. The van der Waals surface area contributed by atoms with Crippen LogP contribution in [0.5, 0.6) is 0 Å². The average molecular weight is 490 g/mol. The number of hydrogen-bond donors (Lipinski definition) is 2. The lowest BCUT2D eigenvalue weighted by Gasteiger charge is -2.24. The number of carbonyl (C=O) groups excluding carboxylic acids is 3. The molecule has 1 saturated heterocycles. The first-order valence-electron chi connectivity index (χ1n) is 9.93. The van der Waals surface area contributed by atoms with Gasteiger partial charge in [0, 0.05) is 23.5 Å². The molecule has 0 saturated carbocycles. The Morgan fingerprint density at radius 3 is 2.45 bits per heavy atom. The molecule has 0 bridgehead atoms. The van der Waals surface area contributed by atoms with Crippen molar-refractivity contribution in [2.24, 2.45) is 5.73 Å². The van der Waals surface area contributed by atoms with Gasteiger partial charge in [-0.15, -0.1) is 0 Å². The largest absolute Gasteiger partial charge is 0.444 e. The van der Waals surface area contributed by atoms with Crippen molar-refractivity contribution in [2.75, 3.05) is 18.4 Å². The number of nitrogens with zero attached hydrogens (tertiary/aromatic N) is 1. The van der Waals surface area contributed by atoms with Crippen LogP contribution in [0.3, 0.4) is 0 Å². The maximum atomic E-state index is 11.9. The van der Waals surface area contributed by atoms with Gasteiger partial charge in [0.2, 0.25) is 6.41 Å². The first-order chi connectivity index (χ1) is 14.6. The number of hydrogen-bond acceptors (Lipinski definition) is 4. The van der Waals surface area contributed by atoms with Crippen LogP contribution in [0.25, 0.3) is 0 Å². The molecule has 2 aromatic rings. The lowest BCUT2D eigenvalue weighted by Crippen LogP contribution is -2.35. The Hall–Kier alpha value is -2.87. The summed E-state index contributed by atoms with van der Waals surface area (Å²) in [4.78, 5) is 34.8. The zero-order valence-corrected chi connectivity index (χ0v) is 19.5. The Balaban J connectivity index is 0.000000233. The molecule has 166 valence electrons. The molecule has 0 aliphatic carbocycles. The second-order valence-corrected chi connectivity index (χ2v) is 9.05. The van der Waals surface area contributed by atoms with E-state index in [1.54, 1.807) is 18.2 Å². The molecule has 8 heteroatoms. The lowest BCUT2D eigenvalue weighted by molar-refractivity contribution is -0.105. The van der Waals surface area contributed by atoms with E-state index in [0.29, 0.717) is 18.0 Å². The highest BCUT2D eigenvalue weighted by atomic mass is 79.9. The third kappa shape index (κ3) is 7.71. The fraction of sp³-hybridized carbons (Fsp3) is 0.348. The Kier molecular flexibility index (Phi) is 8.62. The van der Waals surface area contributed by atoms with Gasteiger partial charge in [0.1, 0.15) is 5.60 Å². The highest BCUT2D eigenvalue weighted by Crippen LogP contribution is 2.28. The second-order valence-electron chi connectivity index (χ2n) is 8.14. The standard InChI is InChI=1S/C15H21NO2.C8H7BrN2O2/c1-15(2,3)18-14(17)16-10-9-13(11-16)12-7-5-4-6-8-12;9-5-1-2-7(11-4-12)6(3-5)8(10)13/h4-8,13H,9-11H2,1-3H3;1-4H,(H2,10,13)(H,11,12)/t13-;/m1./s1. The first kappa shape index (κ1) is 24.4. The van der Waals surface area contributed by atoms with E-state index in [1.807, 2.05) is 43.9 Å². The van der Waals surface area contributed by atoms with Gasteiger partial charge in [-0.2, -0.15) is 0 Å². The minimum atomic E-state index is -0.578. The molecule has 1 aliphatic rings. The van der Waals surface area contributed by atoms with Gasteiger partial charge in [0.25, 0.3) is 5.91 Å². The molecule has 3 N–H and O–H groups in total. The van der Waals surface area contributed by atoms with Crippen molar-refractivity contribution in [3.8, 4) is 0 Å². The normalized spacial score (nSPS) is 15.5. The SMILES string of the molecule is CC(C)(C)OC(=O)N1CC[C@@H](c2ccccc2)C1.NC(=O)c1cc(Br)ccc1NC=O. The van der Waals surface area contributed by atoms with Crippen molar-refractivity contribution in [3.05, 3.63) is 64.1 Å². The van der Waals surface area contributed by atoms with Gasteiger partial charge in [-0.25, -0.2) is 4.79 Å². The summed E-state index contributed by atoms with van der Waals surface area (Å²) >= 11 is 3.19. The lowest BCUT2D eigenvalue weighted by atomic mass is 9.99. The summed E-state index contributed by atoms with van der Waals surface area (Å²) in [6.07, 6.45) is 1.32. The van der Waals surface area contributed by atoms with Crippen molar-refractivity contribution < 1.29 is 19.1 Å². The molecule has 0 spiro atoms. The van der Waals surface area contributed by atoms with Gasteiger partial charge in [0.15, 0.2) is 0 Å². The zero-order chi connectivity index (χ0) is 23.0. The first-order valence-corrected chi connectivity index (χ1v) is 10.7. The number of likely N-dealkylation sites (tertiary alicyclic amines) is 1. The Bertz CT molecular complexity index is 913. The number of nitrogens with two attached hydrogens (primary N) is 1. The number of benzene rings is 2. The molecular weight excluding hydrogens is 462 g/mol. The van der Waals surface area contributed by atoms with E-state index >= 15 is 0 Å². The van der Waals surface area contributed by atoms with E-state index in [2.05, 4.69) is 33.4 Å². The summed E-state index contributed by atoms with van der Waals surface area (Å²) in [6, 6.07) is 15.2. The van der Waals surface area contributed by atoms with Gasteiger partial charge in [0.05, 0.1) is 11.3 Å². The summed E-state index contributed by atoms with van der Waals surface area (Å²) in [7, 11) is 0. The minimum Gasteiger partial charge on any atom is -0.444 e. The number of amides is 3. The van der Waals surface area contributed by atoms with E-state index in [9.17, 15) is 14.4 Å². The van der Waals surface area contributed by atoms with Gasteiger partial charge in [-0.05, 0) is 51.0 Å². The van der Waals surface area contributed by atoms with Crippen molar-refractivity contribution >= 4 is 40.0 Å². The molecule has 7 nitrogen and oxygen atoms in total. The monoisotopic (exact) mass is 489 g/mol. The zero-order valence-electron chi connectivity index (χ0n) is 17.9. The molecule has 3 amide bonds. The third-order valence-electron chi connectivity index (χ3n) is 4.57. The molecule has 0 unspecified atom stereocenters. The smallest absolute Gasteiger partial charge is 0.410 e. The predicted molar refractivity (Wildman–Crippen MR) is 124 cm³/mol. The van der Waals surface area contributed by atoms with Crippen molar-refractivity contribution in [2.45, 2.75) is 38.7 Å². The predicted octanol–water partition coefficient (Wildman–Crippen LogP) is 4.53. The number of anilines is 1. The maximum Gasteiger partial charge on any atom is 0.410 e. The molecular formula is C23H28BrN3O4. The van der Waals surface area contributed by atoms with Gasteiger partial charge < -0.3 is 20.7 Å². The van der Waals surface area contributed by atoms with Crippen LogP contribution < -0.4 is 11.1 Å². The van der Waals surface area contributed by atoms with E-state index in [1.165, 1.54) is 5.56 Å². The topological polar surface area (TPSA) is 102 Å². The molecule has 1 atom stereocenters. The molecule has 3 rings (SSSR count). The highest BCUT2D eigenvalue weighted by molar-refractivity contribution is 9.10. The minimum absolute atomic E-state index is 0.194. The number of carbonyl (C=O) groups is 3. The van der Waals surface area contributed by atoms with Crippen molar-refractivity contribution in [3.63, 3.8) is 0 Å². The number of rotatable bonds is 4. The molecule has 0 radical (unpaired) electrons. The highest BCUT2D eigenvalue weighted by Gasteiger charge is 2.30. The van der Waals surface area contributed by atoms with Crippen LogP contribution in [-0.2, 0) is 9.53 Å². The third-order valence-corrected chi connectivity index (χ3v) is 5.07. The van der Waals surface area contributed by atoms with Crippen molar-refractivity contribution in [1.29, 1.82) is 0 Å². The molecule has 2 aromatic carbocycles. The van der Waals surface area contributed by atoms with E-state index in [4.69, 9.17) is 10.5 Å². The molecule has 31 heavy (non-hydrogen) atoms. The van der Waals surface area contributed by atoms with Crippen LogP contribution in [-0.4, -0.2) is 42.0 Å². The van der Waals surface area contributed by atoms with Gasteiger partial charge in [-0.3, -0.25) is 9.59 Å². The van der Waals surface area contributed by atoms with Crippen LogP contribution in [0.4, 0.5) is 10.5 Å². The quantitative estimate of drug-likeness (QED) is 0.615. The van der Waals surface area contributed by atoms with Gasteiger partial charge in [-0.1, -0.05) is 46.3 Å². The average Bonchev–Trinajstić information content (AvgIpc) is 3.20. The number of primary amides is 1. The Labute approximate surface area is 191 Å². The molecule has 1 aliphatic heterocycles. The van der Waals surface area contributed by atoms with Crippen LogP contribution in [0.2, 0.25) is 0 Å². The fourth-order valence-electron chi connectivity index (χ4n) is 3.16. The van der Waals surface area contributed by atoms with Gasteiger partial charge >= 0.3 is 6.09 Å². The van der Waals surface area contributed by atoms with Crippen LogP contribution in [0, 0.1) is 0 Å². The van der Waals surface area contributed by atoms with Crippen LogP contribution in [0.1, 0.15) is 49.0 Å². The Morgan fingerprint density at radius 2 is 1.87 bits per heavy atom. The van der Waals surface area contributed by atoms with Crippen LogP contribution in [0.15, 0.2) is 53.0 Å². The molecule has 1 fully saturated rings.